The van der Waals surface area contributed by atoms with E-state index >= 15 is 0 Å². The number of hydrogen-bond donors (Lipinski definition) is 1. The van der Waals surface area contributed by atoms with Crippen molar-refractivity contribution in [2.24, 2.45) is 0 Å². The van der Waals surface area contributed by atoms with Gasteiger partial charge in [0, 0.05) is 50.4 Å². The lowest BCUT2D eigenvalue weighted by Gasteiger charge is -2.36. The Morgan fingerprint density at radius 3 is 2.53 bits per heavy atom. The number of hydrogen-bond acceptors (Lipinski definition) is 5. The fourth-order valence-electron chi connectivity index (χ4n) is 4.13. The van der Waals surface area contributed by atoms with Gasteiger partial charge in [-0.3, -0.25) is 9.69 Å². The summed E-state index contributed by atoms with van der Waals surface area (Å²) in [7, 11) is 0. The maximum atomic E-state index is 12.9. The average Bonchev–Trinajstić information content (AvgIpc) is 3.29. The molecule has 8 heteroatoms. The first kappa shape index (κ1) is 24.6. The zero-order valence-electron chi connectivity index (χ0n) is 19.4. The van der Waals surface area contributed by atoms with Crippen molar-refractivity contribution in [3.8, 4) is 11.3 Å². The van der Waals surface area contributed by atoms with Gasteiger partial charge in [-0.15, -0.1) is 0 Å². The largest absolute Gasteiger partial charge is 0.435 e. The summed E-state index contributed by atoms with van der Waals surface area (Å²) in [6, 6.07) is 15.5. The molecule has 1 aromatic heterocycles. The van der Waals surface area contributed by atoms with E-state index in [1.54, 1.807) is 0 Å². The van der Waals surface area contributed by atoms with Crippen LogP contribution in [-0.4, -0.2) is 55.1 Å². The molecule has 4 rings (SSSR count). The van der Waals surface area contributed by atoms with Crippen LogP contribution in [0.4, 0.5) is 5.69 Å². The second-order valence-electron chi connectivity index (χ2n) is 8.44. The molecule has 0 atom stereocenters. The van der Waals surface area contributed by atoms with Gasteiger partial charge in [-0.25, -0.2) is 4.98 Å². The first-order chi connectivity index (χ1) is 16.5. The van der Waals surface area contributed by atoms with Gasteiger partial charge in [-0.05, 0) is 37.6 Å². The summed E-state index contributed by atoms with van der Waals surface area (Å²) < 4.78 is 5.83. The number of piperazine rings is 1. The molecule has 6 nitrogen and oxygen atoms in total. The third kappa shape index (κ3) is 6.12. The monoisotopic (exact) mass is 500 g/mol. The second kappa shape index (κ2) is 11.7. The molecule has 2 aromatic carbocycles. The molecule has 1 aliphatic rings. The van der Waals surface area contributed by atoms with Gasteiger partial charge in [0.2, 0.25) is 5.76 Å². The summed E-state index contributed by atoms with van der Waals surface area (Å²) in [6.07, 6.45) is 2.49. The molecule has 1 aliphatic heterocycles. The van der Waals surface area contributed by atoms with Crippen LogP contribution in [0, 0.1) is 0 Å². The van der Waals surface area contributed by atoms with Gasteiger partial charge in [-0.2, -0.15) is 0 Å². The molecule has 2 heterocycles. The van der Waals surface area contributed by atoms with Gasteiger partial charge < -0.3 is 14.6 Å². The van der Waals surface area contributed by atoms with Gasteiger partial charge >= 0.3 is 0 Å². The number of aryl methyl sites for hydroxylation is 1. The Balaban J connectivity index is 1.25. The molecular weight excluding hydrogens is 471 g/mol. The van der Waals surface area contributed by atoms with Crippen LogP contribution in [0.2, 0.25) is 10.0 Å². The molecule has 180 valence electrons. The molecule has 1 amide bonds. The smallest absolute Gasteiger partial charge is 0.289 e. The van der Waals surface area contributed by atoms with Crippen LogP contribution >= 0.6 is 23.2 Å². The predicted octanol–water partition coefficient (Wildman–Crippen LogP) is 5.54. The van der Waals surface area contributed by atoms with Crippen LogP contribution in [0.25, 0.3) is 11.3 Å². The minimum atomic E-state index is -0.210. The van der Waals surface area contributed by atoms with Crippen molar-refractivity contribution in [1.82, 2.24) is 15.2 Å². The van der Waals surface area contributed by atoms with E-state index in [1.165, 1.54) is 0 Å². The highest BCUT2D eigenvalue weighted by Gasteiger charge is 2.22. The molecule has 1 N–H and O–H groups in total. The number of rotatable bonds is 9. The quantitative estimate of drug-likeness (QED) is 0.390. The number of anilines is 1. The third-order valence-electron chi connectivity index (χ3n) is 5.97. The normalized spacial score (nSPS) is 14.4. The van der Waals surface area contributed by atoms with Crippen LogP contribution in [0.1, 0.15) is 36.2 Å². The van der Waals surface area contributed by atoms with Gasteiger partial charge in [0.05, 0.1) is 10.0 Å². The number of halogens is 2. The minimum absolute atomic E-state index is 0.210. The summed E-state index contributed by atoms with van der Waals surface area (Å²) in [5.74, 6) is 0.689. The lowest BCUT2D eigenvalue weighted by Crippen LogP contribution is -2.47. The molecule has 0 radical (unpaired) electrons. The van der Waals surface area contributed by atoms with E-state index in [4.69, 9.17) is 27.6 Å². The highest BCUT2D eigenvalue weighted by Crippen LogP contribution is 2.28. The molecule has 34 heavy (non-hydrogen) atoms. The van der Waals surface area contributed by atoms with E-state index in [9.17, 15) is 4.79 Å². The lowest BCUT2D eigenvalue weighted by molar-refractivity contribution is 0.0922. The molecular formula is C26H30Cl2N4O2. The number of aromatic nitrogens is 1. The Morgan fingerprint density at radius 2 is 1.82 bits per heavy atom. The molecule has 0 aliphatic carbocycles. The number of carbonyl (C=O) groups excluding carboxylic acids is 1. The van der Waals surface area contributed by atoms with Crippen molar-refractivity contribution >= 4 is 34.8 Å². The fourth-order valence-corrected chi connectivity index (χ4v) is 4.42. The van der Waals surface area contributed by atoms with Crippen LogP contribution in [0.3, 0.4) is 0 Å². The van der Waals surface area contributed by atoms with E-state index in [0.717, 1.165) is 56.8 Å². The lowest BCUT2D eigenvalue weighted by atomic mass is 10.1. The molecule has 0 bridgehead atoms. The van der Waals surface area contributed by atoms with Crippen molar-refractivity contribution in [1.29, 1.82) is 0 Å². The highest BCUT2D eigenvalue weighted by atomic mass is 35.5. The number of amides is 1. The van der Waals surface area contributed by atoms with Crippen molar-refractivity contribution in [2.75, 3.05) is 44.2 Å². The average molecular weight is 501 g/mol. The van der Waals surface area contributed by atoms with Crippen LogP contribution in [0.5, 0.6) is 0 Å². The standard InChI is InChI=1S/C26H30Cl2N4O2/c1-2-7-23-30-24(19-8-4-3-5-9-19)25(34-23)26(33)29-12-6-13-31-14-16-32(17-15-31)20-10-11-21(27)22(28)18-20/h3-5,8-11,18H,2,6-7,12-17H2,1H3,(H,29,33). The summed E-state index contributed by atoms with van der Waals surface area (Å²) in [5, 5.41) is 4.18. The predicted molar refractivity (Wildman–Crippen MR) is 138 cm³/mol. The Hall–Kier alpha value is -2.54. The Morgan fingerprint density at radius 1 is 1.06 bits per heavy atom. The molecule has 0 saturated carbocycles. The van der Waals surface area contributed by atoms with Crippen LogP contribution < -0.4 is 10.2 Å². The molecule has 0 spiro atoms. The summed E-state index contributed by atoms with van der Waals surface area (Å²) in [4.78, 5) is 22.2. The fraction of sp³-hybridized carbons (Fsp3) is 0.385. The van der Waals surface area contributed by atoms with E-state index in [2.05, 4.69) is 27.0 Å². The Bertz CT molecular complexity index is 1100. The van der Waals surface area contributed by atoms with Gasteiger partial charge in [0.1, 0.15) is 5.69 Å². The second-order valence-corrected chi connectivity index (χ2v) is 9.25. The highest BCUT2D eigenvalue weighted by molar-refractivity contribution is 6.42. The van der Waals surface area contributed by atoms with Gasteiger partial charge in [0.25, 0.3) is 5.91 Å². The summed E-state index contributed by atoms with van der Waals surface area (Å²) in [5.41, 5.74) is 2.60. The van der Waals surface area contributed by atoms with Crippen LogP contribution in [-0.2, 0) is 6.42 Å². The van der Waals surface area contributed by atoms with Crippen molar-refractivity contribution < 1.29 is 9.21 Å². The minimum Gasteiger partial charge on any atom is -0.435 e. The molecule has 0 unspecified atom stereocenters. The van der Waals surface area contributed by atoms with Crippen molar-refractivity contribution in [3.05, 3.63) is 70.2 Å². The Labute approximate surface area is 210 Å². The van der Waals surface area contributed by atoms with Gasteiger partial charge in [0.15, 0.2) is 5.89 Å². The zero-order valence-corrected chi connectivity index (χ0v) is 20.9. The topological polar surface area (TPSA) is 61.6 Å². The SMILES string of the molecule is CCCc1nc(-c2ccccc2)c(C(=O)NCCCN2CCN(c3ccc(Cl)c(Cl)c3)CC2)o1. The maximum absolute atomic E-state index is 12.9. The maximum Gasteiger partial charge on any atom is 0.289 e. The van der Waals surface area contributed by atoms with Crippen LogP contribution in [0.15, 0.2) is 52.9 Å². The third-order valence-corrected chi connectivity index (χ3v) is 6.71. The van der Waals surface area contributed by atoms with Gasteiger partial charge in [-0.1, -0.05) is 60.5 Å². The summed E-state index contributed by atoms with van der Waals surface area (Å²) in [6.45, 7) is 7.38. The van der Waals surface area contributed by atoms with Crippen molar-refractivity contribution in [2.45, 2.75) is 26.2 Å². The first-order valence-electron chi connectivity index (χ1n) is 11.8. The summed E-state index contributed by atoms with van der Waals surface area (Å²) >= 11 is 12.2. The van der Waals surface area contributed by atoms with E-state index < -0.39 is 0 Å². The number of nitrogens with zero attached hydrogens (tertiary/aromatic N) is 3. The number of nitrogens with one attached hydrogen (secondary N) is 1. The number of carbonyl (C=O) groups is 1. The number of oxazole rings is 1. The first-order valence-corrected chi connectivity index (χ1v) is 12.6. The molecule has 1 fully saturated rings. The number of benzene rings is 2. The van der Waals surface area contributed by atoms with Crippen molar-refractivity contribution in [3.63, 3.8) is 0 Å². The van der Waals surface area contributed by atoms with E-state index in [-0.39, 0.29) is 5.91 Å². The molecule has 1 saturated heterocycles. The van der Waals surface area contributed by atoms with E-state index in [0.29, 0.717) is 40.4 Å². The zero-order chi connectivity index (χ0) is 23.9. The van der Waals surface area contributed by atoms with E-state index in [1.807, 2.05) is 48.5 Å². The Kier molecular flexibility index (Phi) is 8.48. The molecule has 3 aromatic rings.